The second-order valence-electron chi connectivity index (χ2n) is 9.39. The molecule has 1 amide bonds. The lowest BCUT2D eigenvalue weighted by atomic mass is 10.1. The van der Waals surface area contributed by atoms with Gasteiger partial charge in [0, 0.05) is 20.4 Å². The highest BCUT2D eigenvalue weighted by Crippen LogP contribution is 2.53. The van der Waals surface area contributed by atoms with Crippen LogP contribution in [-0.4, -0.2) is 50.5 Å². The molecule has 0 radical (unpaired) electrons. The zero-order valence-electron chi connectivity index (χ0n) is 17.7. The third kappa shape index (κ3) is 3.20. The van der Waals surface area contributed by atoms with Crippen molar-refractivity contribution < 1.29 is 9.53 Å². The molecule has 0 saturated heterocycles. The Morgan fingerprint density at radius 1 is 1.20 bits per heavy atom. The predicted octanol–water partition coefficient (Wildman–Crippen LogP) is 2.89. The summed E-state index contributed by atoms with van der Waals surface area (Å²) in [6.45, 7) is 9.93. The lowest BCUT2D eigenvalue weighted by Crippen LogP contribution is -2.22. The summed E-state index contributed by atoms with van der Waals surface area (Å²) in [5, 5.41) is 17.0. The standard InChI is InChI=1S/C20H25N7O2Si/c1-12-5-6-13-14(26-27(18(13)21-12)11-29-9-10-30(2,3)4)16-22-17-15(24-25-16)20(7-8-20)19(28)23-17/h5-6H,7-11H2,1-4H3,(H,22,23,25,28). The maximum absolute atomic E-state index is 12.3. The number of carbonyl (C=O) groups excluding carboxylic acids is 1. The molecule has 0 aromatic carbocycles. The quantitative estimate of drug-likeness (QED) is 0.480. The molecule has 3 aromatic rings. The number of aromatic nitrogens is 6. The van der Waals surface area contributed by atoms with E-state index in [2.05, 4.69) is 45.1 Å². The van der Waals surface area contributed by atoms with Crippen molar-refractivity contribution in [2.24, 2.45) is 0 Å². The summed E-state index contributed by atoms with van der Waals surface area (Å²) in [5.41, 5.74) is 2.37. The molecule has 0 atom stereocenters. The maximum atomic E-state index is 12.3. The number of aryl methyl sites for hydroxylation is 1. The van der Waals surface area contributed by atoms with Crippen molar-refractivity contribution in [3.8, 4) is 11.5 Å². The summed E-state index contributed by atoms with van der Waals surface area (Å²) >= 11 is 0. The third-order valence-electron chi connectivity index (χ3n) is 5.71. The average Bonchev–Trinajstić information content (AvgIpc) is 3.34. The summed E-state index contributed by atoms with van der Waals surface area (Å²) in [4.78, 5) is 21.5. The first-order valence-electron chi connectivity index (χ1n) is 10.3. The fourth-order valence-corrected chi connectivity index (χ4v) is 4.45. The summed E-state index contributed by atoms with van der Waals surface area (Å²) in [7, 11) is -1.16. The van der Waals surface area contributed by atoms with Gasteiger partial charge in [-0.15, -0.1) is 10.2 Å². The van der Waals surface area contributed by atoms with Gasteiger partial charge in [0.25, 0.3) is 0 Å². The van der Waals surface area contributed by atoms with Crippen LogP contribution in [0.25, 0.3) is 22.6 Å². The van der Waals surface area contributed by atoms with Crippen molar-refractivity contribution in [1.29, 1.82) is 0 Å². The molecule has 9 nitrogen and oxygen atoms in total. The maximum Gasteiger partial charge on any atom is 0.238 e. The van der Waals surface area contributed by atoms with Crippen LogP contribution in [-0.2, 0) is 21.7 Å². The Hall–Kier alpha value is -2.72. The Kier molecular flexibility index (Phi) is 4.26. The first-order chi connectivity index (χ1) is 14.3. The number of rotatable bonds is 6. The summed E-state index contributed by atoms with van der Waals surface area (Å²) in [5.74, 6) is 0.847. The smallest absolute Gasteiger partial charge is 0.238 e. The summed E-state index contributed by atoms with van der Waals surface area (Å²) < 4.78 is 7.65. The Morgan fingerprint density at radius 3 is 2.73 bits per heavy atom. The van der Waals surface area contributed by atoms with Gasteiger partial charge in [0.15, 0.2) is 11.5 Å². The van der Waals surface area contributed by atoms with Gasteiger partial charge in [-0.05, 0) is 37.9 Å². The average molecular weight is 424 g/mol. The molecule has 1 N–H and O–H groups in total. The minimum Gasteiger partial charge on any atom is -0.359 e. The van der Waals surface area contributed by atoms with Gasteiger partial charge in [-0.2, -0.15) is 5.10 Å². The number of hydrogen-bond acceptors (Lipinski definition) is 7. The van der Waals surface area contributed by atoms with Crippen LogP contribution < -0.4 is 5.32 Å². The molecule has 1 aliphatic heterocycles. The van der Waals surface area contributed by atoms with Crippen molar-refractivity contribution in [3.05, 3.63) is 23.5 Å². The lowest BCUT2D eigenvalue weighted by Gasteiger charge is -2.15. The van der Waals surface area contributed by atoms with E-state index in [4.69, 9.17) is 9.84 Å². The third-order valence-corrected chi connectivity index (χ3v) is 7.42. The van der Waals surface area contributed by atoms with E-state index in [1.54, 1.807) is 4.68 Å². The lowest BCUT2D eigenvalue weighted by molar-refractivity contribution is -0.117. The number of ether oxygens (including phenoxy) is 1. The topological polar surface area (TPSA) is 108 Å². The summed E-state index contributed by atoms with van der Waals surface area (Å²) in [6.07, 6.45) is 1.61. The SMILES string of the molecule is Cc1ccc2c(-c3nnc4c(n3)NC(=O)C43CC3)nn(COCC[Si](C)(C)C)c2n1. The first-order valence-corrected chi connectivity index (χ1v) is 14.0. The second-order valence-corrected chi connectivity index (χ2v) is 15.0. The zero-order chi connectivity index (χ0) is 21.1. The zero-order valence-corrected chi connectivity index (χ0v) is 18.7. The highest BCUT2D eigenvalue weighted by atomic mass is 28.3. The Balaban J connectivity index is 1.48. The van der Waals surface area contributed by atoms with E-state index < -0.39 is 13.5 Å². The van der Waals surface area contributed by atoms with E-state index in [-0.39, 0.29) is 5.91 Å². The van der Waals surface area contributed by atoms with Gasteiger partial charge in [-0.1, -0.05) is 19.6 Å². The van der Waals surface area contributed by atoms with Crippen LogP contribution in [0.15, 0.2) is 12.1 Å². The van der Waals surface area contributed by atoms with Crippen LogP contribution in [0, 0.1) is 6.92 Å². The fraction of sp³-hybridized carbons (Fsp3) is 0.500. The molecule has 1 fully saturated rings. The van der Waals surface area contributed by atoms with Crippen LogP contribution >= 0.6 is 0 Å². The van der Waals surface area contributed by atoms with Crippen LogP contribution in [0.2, 0.25) is 25.7 Å². The molecule has 1 spiro atoms. The van der Waals surface area contributed by atoms with E-state index in [9.17, 15) is 4.79 Å². The van der Waals surface area contributed by atoms with E-state index in [1.807, 2.05) is 19.1 Å². The number of fused-ring (bicyclic) bond motifs is 3. The molecule has 1 saturated carbocycles. The molecule has 2 aliphatic rings. The van der Waals surface area contributed by atoms with Gasteiger partial charge in [-0.25, -0.2) is 14.6 Å². The number of nitrogens with one attached hydrogen (secondary N) is 1. The summed E-state index contributed by atoms with van der Waals surface area (Å²) in [6, 6.07) is 4.99. The molecular weight excluding hydrogens is 398 g/mol. The van der Waals surface area contributed by atoms with Gasteiger partial charge < -0.3 is 10.1 Å². The van der Waals surface area contributed by atoms with Gasteiger partial charge in [-0.3, -0.25) is 4.79 Å². The molecule has 5 rings (SSSR count). The van der Waals surface area contributed by atoms with Crippen molar-refractivity contribution in [3.63, 3.8) is 0 Å². The number of hydrogen-bond donors (Lipinski definition) is 1. The predicted molar refractivity (Wildman–Crippen MR) is 115 cm³/mol. The number of carbonyl (C=O) groups is 1. The highest BCUT2D eigenvalue weighted by Gasteiger charge is 2.58. The van der Waals surface area contributed by atoms with Crippen molar-refractivity contribution in [2.75, 3.05) is 11.9 Å². The molecule has 30 heavy (non-hydrogen) atoms. The molecule has 4 heterocycles. The van der Waals surface area contributed by atoms with Crippen molar-refractivity contribution >= 4 is 30.8 Å². The van der Waals surface area contributed by atoms with Crippen molar-refractivity contribution in [1.82, 2.24) is 29.9 Å². The number of pyridine rings is 1. The highest BCUT2D eigenvalue weighted by molar-refractivity contribution is 6.76. The Labute approximate surface area is 175 Å². The largest absolute Gasteiger partial charge is 0.359 e. The fourth-order valence-electron chi connectivity index (χ4n) is 3.69. The molecular formula is C20H25N7O2Si. The van der Waals surface area contributed by atoms with Crippen LogP contribution in [0.1, 0.15) is 24.2 Å². The number of amides is 1. The minimum atomic E-state index is -1.16. The molecule has 3 aromatic heterocycles. The minimum absolute atomic E-state index is 0.0278. The van der Waals surface area contributed by atoms with E-state index in [0.29, 0.717) is 36.4 Å². The van der Waals surface area contributed by atoms with Gasteiger partial charge in [0.2, 0.25) is 11.7 Å². The number of anilines is 1. The van der Waals surface area contributed by atoms with Crippen LogP contribution in [0.5, 0.6) is 0 Å². The molecule has 0 unspecified atom stereocenters. The monoisotopic (exact) mass is 423 g/mol. The van der Waals surface area contributed by atoms with Crippen LogP contribution in [0.4, 0.5) is 5.82 Å². The Bertz CT molecular complexity index is 1160. The van der Waals surface area contributed by atoms with Gasteiger partial charge in [0.05, 0.1) is 10.8 Å². The first kappa shape index (κ1) is 19.3. The van der Waals surface area contributed by atoms with E-state index >= 15 is 0 Å². The molecule has 1 aliphatic carbocycles. The second kappa shape index (κ2) is 6.64. The van der Waals surface area contributed by atoms with Gasteiger partial charge >= 0.3 is 0 Å². The number of nitrogens with zero attached hydrogens (tertiary/aromatic N) is 6. The molecule has 10 heteroatoms. The molecule has 0 bridgehead atoms. The van der Waals surface area contributed by atoms with E-state index in [0.717, 1.165) is 35.6 Å². The molecule has 156 valence electrons. The van der Waals surface area contributed by atoms with Crippen molar-refractivity contribution in [2.45, 2.75) is 57.6 Å². The van der Waals surface area contributed by atoms with Crippen LogP contribution in [0.3, 0.4) is 0 Å². The normalized spacial score (nSPS) is 16.9. The van der Waals surface area contributed by atoms with E-state index in [1.165, 1.54) is 0 Å². The Morgan fingerprint density at radius 2 is 2.00 bits per heavy atom. The van der Waals surface area contributed by atoms with Gasteiger partial charge in [0.1, 0.15) is 18.1 Å².